The van der Waals surface area contributed by atoms with Crippen LogP contribution < -0.4 is 14.8 Å². The van der Waals surface area contributed by atoms with Gasteiger partial charge in [-0.05, 0) is 88.6 Å². The molecule has 38 heavy (non-hydrogen) atoms. The van der Waals surface area contributed by atoms with E-state index in [2.05, 4.69) is 21.2 Å². The topological polar surface area (TPSA) is 84.9 Å². The normalized spacial score (nSPS) is 14.2. The van der Waals surface area contributed by atoms with Crippen LogP contribution in [0, 0.1) is 6.92 Å². The number of anilines is 1. The molecule has 196 valence electrons. The van der Waals surface area contributed by atoms with Crippen molar-refractivity contribution in [3.05, 3.63) is 91.8 Å². The number of benzene rings is 3. The Balaban J connectivity index is 1.50. The first-order chi connectivity index (χ1) is 18.3. The van der Waals surface area contributed by atoms with Gasteiger partial charge in [0.15, 0.2) is 18.1 Å². The number of hydrogen-bond acceptors (Lipinski definition) is 6. The number of carbonyl (C=O) groups excluding carboxylic acids is 3. The maximum atomic E-state index is 13.0. The maximum absolute atomic E-state index is 13.0. The van der Waals surface area contributed by atoms with Crippen LogP contribution in [0.15, 0.2) is 70.0 Å². The molecule has 0 unspecified atom stereocenters. The van der Waals surface area contributed by atoms with Gasteiger partial charge in [0.25, 0.3) is 17.1 Å². The quantitative estimate of drug-likeness (QED) is 0.259. The lowest BCUT2D eigenvalue weighted by Gasteiger charge is -2.15. The summed E-state index contributed by atoms with van der Waals surface area (Å²) in [6, 6.07) is 18.0. The fourth-order valence-electron chi connectivity index (χ4n) is 3.71. The minimum Gasteiger partial charge on any atom is -0.490 e. The minimum atomic E-state index is -0.390. The summed E-state index contributed by atoms with van der Waals surface area (Å²) in [5.41, 5.74) is 3.04. The molecule has 0 radical (unpaired) electrons. The van der Waals surface area contributed by atoms with Crippen molar-refractivity contribution in [1.29, 1.82) is 0 Å². The smallest absolute Gasteiger partial charge is 0.293 e. The Kier molecular flexibility index (Phi) is 9.14. The lowest BCUT2D eigenvalue weighted by atomic mass is 10.1. The molecule has 3 aromatic carbocycles. The summed E-state index contributed by atoms with van der Waals surface area (Å²) in [7, 11) is 0. The van der Waals surface area contributed by atoms with Crippen molar-refractivity contribution in [3.63, 3.8) is 0 Å². The molecule has 10 heteroatoms. The zero-order valence-electron chi connectivity index (χ0n) is 20.6. The predicted molar refractivity (Wildman–Crippen MR) is 154 cm³/mol. The van der Waals surface area contributed by atoms with Gasteiger partial charge in [-0.2, -0.15) is 0 Å². The van der Waals surface area contributed by atoms with E-state index in [-0.39, 0.29) is 30.2 Å². The first-order valence-electron chi connectivity index (χ1n) is 11.7. The number of thioether (sulfide) groups is 1. The lowest BCUT2D eigenvalue weighted by molar-refractivity contribution is -0.123. The SMILES string of the molecule is CCOc1cc(/C=C2\SC(=O)N(Cc3ccccc3C)C2=O)cc(Br)c1OCC(=O)Nc1ccccc1Cl. The summed E-state index contributed by atoms with van der Waals surface area (Å²) in [6.45, 7) is 4.06. The van der Waals surface area contributed by atoms with Crippen molar-refractivity contribution in [2.24, 2.45) is 0 Å². The van der Waals surface area contributed by atoms with Crippen LogP contribution in [0.3, 0.4) is 0 Å². The van der Waals surface area contributed by atoms with Gasteiger partial charge < -0.3 is 14.8 Å². The van der Waals surface area contributed by atoms with Crippen LogP contribution in [0.2, 0.25) is 5.02 Å². The number of hydrogen-bond donors (Lipinski definition) is 1. The second-order valence-electron chi connectivity index (χ2n) is 8.27. The van der Waals surface area contributed by atoms with Crippen LogP contribution in [-0.4, -0.2) is 35.2 Å². The number of para-hydroxylation sites is 1. The van der Waals surface area contributed by atoms with E-state index < -0.39 is 0 Å². The van der Waals surface area contributed by atoms with E-state index in [0.29, 0.717) is 43.8 Å². The van der Waals surface area contributed by atoms with Crippen molar-refractivity contribution in [2.45, 2.75) is 20.4 Å². The van der Waals surface area contributed by atoms with Gasteiger partial charge in [0, 0.05) is 0 Å². The monoisotopic (exact) mass is 614 g/mol. The number of imide groups is 1. The summed E-state index contributed by atoms with van der Waals surface area (Å²) < 4.78 is 12.0. The van der Waals surface area contributed by atoms with Crippen LogP contribution in [0.5, 0.6) is 11.5 Å². The molecule has 0 aliphatic carbocycles. The molecule has 1 N–H and O–H groups in total. The second kappa shape index (κ2) is 12.5. The molecule has 7 nitrogen and oxygen atoms in total. The van der Waals surface area contributed by atoms with Crippen LogP contribution >= 0.6 is 39.3 Å². The molecule has 0 bridgehead atoms. The van der Waals surface area contributed by atoms with Gasteiger partial charge in [-0.3, -0.25) is 19.3 Å². The van der Waals surface area contributed by atoms with E-state index in [1.807, 2.05) is 38.1 Å². The Morgan fingerprint density at radius 2 is 1.84 bits per heavy atom. The third kappa shape index (κ3) is 6.59. The first kappa shape index (κ1) is 27.8. The Labute approximate surface area is 238 Å². The first-order valence-corrected chi connectivity index (χ1v) is 13.7. The molecule has 1 aliphatic heterocycles. The van der Waals surface area contributed by atoms with E-state index in [1.165, 1.54) is 4.90 Å². The molecule has 1 aliphatic rings. The van der Waals surface area contributed by atoms with Crippen molar-refractivity contribution < 1.29 is 23.9 Å². The van der Waals surface area contributed by atoms with Crippen LogP contribution in [0.4, 0.5) is 10.5 Å². The van der Waals surface area contributed by atoms with Crippen molar-refractivity contribution >= 4 is 68.1 Å². The molecule has 1 heterocycles. The number of rotatable bonds is 9. The second-order valence-corrected chi connectivity index (χ2v) is 10.5. The predicted octanol–water partition coefficient (Wildman–Crippen LogP) is 7.06. The molecule has 0 atom stereocenters. The van der Waals surface area contributed by atoms with Gasteiger partial charge in [-0.15, -0.1) is 0 Å². The molecule has 3 aromatic rings. The highest BCUT2D eigenvalue weighted by molar-refractivity contribution is 9.10. The third-order valence-corrected chi connectivity index (χ3v) is 7.41. The molecule has 4 rings (SSSR count). The molecule has 0 spiro atoms. The average Bonchev–Trinajstić information content (AvgIpc) is 3.13. The molecule has 1 fully saturated rings. The zero-order valence-corrected chi connectivity index (χ0v) is 23.8. The molecule has 1 saturated heterocycles. The number of aryl methyl sites for hydroxylation is 1. The summed E-state index contributed by atoms with van der Waals surface area (Å²) in [6.07, 6.45) is 1.64. The minimum absolute atomic E-state index is 0.214. The molecule has 3 amide bonds. The lowest BCUT2D eigenvalue weighted by Crippen LogP contribution is -2.27. The van der Waals surface area contributed by atoms with Crippen molar-refractivity contribution in [1.82, 2.24) is 4.90 Å². The van der Waals surface area contributed by atoms with E-state index in [9.17, 15) is 14.4 Å². The van der Waals surface area contributed by atoms with Gasteiger partial charge in [0.05, 0.1) is 33.2 Å². The highest BCUT2D eigenvalue weighted by Gasteiger charge is 2.35. The van der Waals surface area contributed by atoms with Crippen molar-refractivity contribution in [2.75, 3.05) is 18.5 Å². The van der Waals surface area contributed by atoms with Gasteiger partial charge in [0.1, 0.15) is 0 Å². The van der Waals surface area contributed by atoms with Crippen LogP contribution in [0.1, 0.15) is 23.6 Å². The number of nitrogens with one attached hydrogen (secondary N) is 1. The molecule has 0 aromatic heterocycles. The van der Waals surface area contributed by atoms with E-state index in [0.717, 1.165) is 22.9 Å². The Hall–Kier alpha value is -3.27. The third-order valence-electron chi connectivity index (χ3n) is 5.59. The van der Waals surface area contributed by atoms with E-state index >= 15 is 0 Å². The average molecular weight is 616 g/mol. The molecular weight excluding hydrogens is 592 g/mol. The largest absolute Gasteiger partial charge is 0.490 e. The van der Waals surface area contributed by atoms with Crippen molar-refractivity contribution in [3.8, 4) is 11.5 Å². The standard InChI is InChI=1S/C28H24BrClN2O5S/c1-3-36-23-13-18(12-20(29)26(23)37-16-25(33)31-22-11-7-6-10-21(22)30)14-24-27(34)32(28(35)38-24)15-19-9-5-4-8-17(19)2/h4-14H,3,15-16H2,1-2H3,(H,31,33)/b24-14-. The van der Waals surface area contributed by atoms with Gasteiger partial charge >= 0.3 is 0 Å². The number of carbonyl (C=O) groups is 3. The fourth-order valence-corrected chi connectivity index (χ4v) is 5.30. The molecule has 0 saturated carbocycles. The van der Waals surface area contributed by atoms with Crippen LogP contribution in [-0.2, 0) is 16.1 Å². The summed E-state index contributed by atoms with van der Waals surface area (Å²) >= 11 is 10.5. The van der Waals surface area contributed by atoms with Gasteiger partial charge in [-0.1, -0.05) is 48.0 Å². The highest BCUT2D eigenvalue weighted by atomic mass is 79.9. The molecular formula is C28H24BrClN2O5S. The number of amides is 3. The highest BCUT2D eigenvalue weighted by Crippen LogP contribution is 2.39. The summed E-state index contributed by atoms with van der Waals surface area (Å²) in [4.78, 5) is 39.6. The number of nitrogens with zero attached hydrogens (tertiary/aromatic N) is 1. The van der Waals surface area contributed by atoms with E-state index in [1.54, 1.807) is 42.5 Å². The maximum Gasteiger partial charge on any atom is 0.293 e. The fraction of sp³-hybridized carbons (Fsp3) is 0.179. The Morgan fingerprint density at radius 1 is 1.11 bits per heavy atom. The van der Waals surface area contributed by atoms with E-state index in [4.69, 9.17) is 21.1 Å². The zero-order chi connectivity index (χ0) is 27.2. The Morgan fingerprint density at radius 3 is 2.58 bits per heavy atom. The number of halogens is 2. The summed E-state index contributed by atoms with van der Waals surface area (Å²) in [5, 5.41) is 2.81. The number of ether oxygens (including phenoxy) is 2. The van der Waals surface area contributed by atoms with Crippen LogP contribution in [0.25, 0.3) is 6.08 Å². The van der Waals surface area contributed by atoms with Gasteiger partial charge in [-0.25, -0.2) is 0 Å². The summed E-state index contributed by atoms with van der Waals surface area (Å²) in [5.74, 6) is -0.0171. The van der Waals surface area contributed by atoms with Gasteiger partial charge in [0.2, 0.25) is 0 Å². The Bertz CT molecular complexity index is 1430.